The fraction of sp³-hybridized carbons (Fsp3) is 0.333. The van der Waals surface area contributed by atoms with E-state index in [9.17, 15) is 14.7 Å². The third-order valence-corrected chi connectivity index (χ3v) is 5.25. The van der Waals surface area contributed by atoms with E-state index in [1.165, 1.54) is 12.0 Å². The van der Waals surface area contributed by atoms with Gasteiger partial charge in [0.15, 0.2) is 0 Å². The highest BCUT2D eigenvalue weighted by Gasteiger charge is 2.45. The summed E-state index contributed by atoms with van der Waals surface area (Å²) in [4.78, 5) is 27.2. The van der Waals surface area contributed by atoms with Gasteiger partial charge in [0.05, 0.1) is 31.9 Å². The number of ketones is 1. The van der Waals surface area contributed by atoms with Gasteiger partial charge in [0, 0.05) is 19.2 Å². The average molecular weight is 425 g/mol. The molecule has 0 spiro atoms. The van der Waals surface area contributed by atoms with Gasteiger partial charge in [0.2, 0.25) is 0 Å². The second kappa shape index (κ2) is 9.66. The van der Waals surface area contributed by atoms with Crippen LogP contribution in [0.5, 0.6) is 11.5 Å². The fourth-order valence-corrected chi connectivity index (χ4v) is 3.74. The number of methoxy groups -OCH3 is 2. The largest absolute Gasteiger partial charge is 0.507 e. The van der Waals surface area contributed by atoms with Gasteiger partial charge in [0.1, 0.15) is 17.3 Å². The van der Waals surface area contributed by atoms with Crippen LogP contribution in [0.25, 0.3) is 5.76 Å². The first-order valence-corrected chi connectivity index (χ1v) is 10.1. The first-order chi connectivity index (χ1) is 14.9. The Morgan fingerprint density at radius 1 is 1.10 bits per heavy atom. The van der Waals surface area contributed by atoms with Gasteiger partial charge in [-0.25, -0.2) is 0 Å². The number of likely N-dealkylation sites (tertiary alicyclic amines) is 1. The van der Waals surface area contributed by atoms with Crippen molar-refractivity contribution >= 4 is 17.4 Å². The van der Waals surface area contributed by atoms with Crippen molar-refractivity contribution in [3.05, 3.63) is 64.7 Å². The summed E-state index contributed by atoms with van der Waals surface area (Å²) in [5.74, 6) is -0.252. The first-order valence-electron chi connectivity index (χ1n) is 10.1. The summed E-state index contributed by atoms with van der Waals surface area (Å²) in [6.45, 7) is 4.75. The van der Waals surface area contributed by atoms with Crippen molar-refractivity contribution < 1.29 is 28.9 Å². The van der Waals surface area contributed by atoms with Crippen molar-refractivity contribution in [3.63, 3.8) is 0 Å². The van der Waals surface area contributed by atoms with Gasteiger partial charge < -0.3 is 24.2 Å². The number of aryl methyl sites for hydroxylation is 1. The van der Waals surface area contributed by atoms with E-state index in [1.54, 1.807) is 49.6 Å². The van der Waals surface area contributed by atoms with Crippen LogP contribution >= 0.6 is 0 Å². The molecule has 0 aliphatic carbocycles. The van der Waals surface area contributed by atoms with Crippen LogP contribution in [0.3, 0.4) is 0 Å². The molecule has 1 fully saturated rings. The molecule has 2 aromatic rings. The van der Waals surface area contributed by atoms with Crippen molar-refractivity contribution in [1.29, 1.82) is 0 Å². The SMILES string of the molecule is CCOc1ccc(C2/C(=C(\O)c3ccc(OC)c(C)c3)C(=O)C(=O)N2CCOC)cc1. The predicted molar refractivity (Wildman–Crippen MR) is 116 cm³/mol. The Hall–Kier alpha value is -3.32. The van der Waals surface area contributed by atoms with Gasteiger partial charge in [-0.15, -0.1) is 0 Å². The molecule has 1 N–H and O–H groups in total. The molecule has 0 saturated carbocycles. The molecule has 1 amide bonds. The van der Waals surface area contributed by atoms with Gasteiger partial charge in [0.25, 0.3) is 11.7 Å². The molecule has 1 heterocycles. The molecule has 164 valence electrons. The number of carbonyl (C=O) groups excluding carboxylic acids is 2. The number of amides is 1. The number of nitrogens with zero attached hydrogens (tertiary/aromatic N) is 1. The predicted octanol–water partition coefficient (Wildman–Crippen LogP) is 3.47. The molecule has 31 heavy (non-hydrogen) atoms. The zero-order valence-electron chi connectivity index (χ0n) is 18.2. The topological polar surface area (TPSA) is 85.3 Å². The number of carbonyl (C=O) groups is 2. The van der Waals surface area contributed by atoms with Gasteiger partial charge in [-0.2, -0.15) is 0 Å². The summed E-state index contributed by atoms with van der Waals surface area (Å²) >= 11 is 0. The summed E-state index contributed by atoms with van der Waals surface area (Å²) in [5, 5.41) is 11.1. The van der Waals surface area contributed by atoms with Gasteiger partial charge in [-0.1, -0.05) is 12.1 Å². The van der Waals surface area contributed by atoms with E-state index >= 15 is 0 Å². The number of hydrogen-bond acceptors (Lipinski definition) is 6. The van der Waals surface area contributed by atoms with Gasteiger partial charge in [-0.3, -0.25) is 9.59 Å². The lowest BCUT2D eigenvalue weighted by Gasteiger charge is -2.25. The van der Waals surface area contributed by atoms with Crippen molar-refractivity contribution in [3.8, 4) is 11.5 Å². The number of rotatable bonds is 8. The summed E-state index contributed by atoms with van der Waals surface area (Å²) in [6, 6.07) is 11.6. The lowest BCUT2D eigenvalue weighted by atomic mass is 9.94. The van der Waals surface area contributed by atoms with E-state index in [4.69, 9.17) is 14.2 Å². The highest BCUT2D eigenvalue weighted by Crippen LogP contribution is 2.40. The monoisotopic (exact) mass is 425 g/mol. The molecule has 3 rings (SSSR count). The third-order valence-electron chi connectivity index (χ3n) is 5.25. The van der Waals surface area contributed by atoms with E-state index in [-0.39, 0.29) is 24.5 Å². The average Bonchev–Trinajstić information content (AvgIpc) is 3.02. The van der Waals surface area contributed by atoms with Crippen molar-refractivity contribution in [2.24, 2.45) is 0 Å². The Morgan fingerprint density at radius 2 is 1.81 bits per heavy atom. The number of Topliss-reactive ketones (excluding diaryl/α,β-unsaturated/α-hetero) is 1. The van der Waals surface area contributed by atoms with Crippen LogP contribution in [-0.2, 0) is 14.3 Å². The zero-order valence-corrected chi connectivity index (χ0v) is 18.2. The van der Waals surface area contributed by atoms with Gasteiger partial charge in [-0.05, 0) is 55.3 Å². The second-order valence-corrected chi connectivity index (χ2v) is 7.17. The standard InChI is InChI=1S/C24H27NO6/c1-5-31-18-9-6-16(7-10-18)21-20(23(27)24(28)25(21)12-13-29-3)22(26)17-8-11-19(30-4)15(2)14-17/h6-11,14,21,26H,5,12-13H2,1-4H3/b22-20+. The lowest BCUT2D eigenvalue weighted by molar-refractivity contribution is -0.140. The normalized spacial score (nSPS) is 17.8. The Balaban J connectivity index is 2.12. The van der Waals surface area contributed by atoms with Crippen LogP contribution in [-0.4, -0.2) is 55.7 Å². The van der Waals surface area contributed by atoms with Crippen molar-refractivity contribution in [2.45, 2.75) is 19.9 Å². The van der Waals surface area contributed by atoms with Crippen LogP contribution in [0.15, 0.2) is 48.0 Å². The molecule has 0 radical (unpaired) electrons. The molecule has 0 bridgehead atoms. The zero-order chi connectivity index (χ0) is 22.5. The minimum atomic E-state index is -0.728. The molecule has 1 unspecified atom stereocenters. The van der Waals surface area contributed by atoms with Crippen LogP contribution in [0.4, 0.5) is 0 Å². The maximum Gasteiger partial charge on any atom is 0.295 e. The summed E-state index contributed by atoms with van der Waals surface area (Å²) < 4.78 is 15.9. The Kier molecular flexibility index (Phi) is 6.97. The van der Waals surface area contributed by atoms with E-state index in [1.807, 2.05) is 13.8 Å². The minimum absolute atomic E-state index is 0.0508. The Morgan fingerprint density at radius 3 is 2.39 bits per heavy atom. The maximum atomic E-state index is 13.0. The highest BCUT2D eigenvalue weighted by molar-refractivity contribution is 6.46. The summed E-state index contributed by atoms with van der Waals surface area (Å²) in [7, 11) is 3.09. The molecular formula is C24H27NO6. The molecule has 0 aromatic heterocycles. The van der Waals surface area contributed by atoms with Crippen LogP contribution in [0, 0.1) is 6.92 Å². The number of hydrogen-bond donors (Lipinski definition) is 1. The molecular weight excluding hydrogens is 398 g/mol. The Labute approximate surface area is 181 Å². The van der Waals surface area contributed by atoms with Crippen LogP contribution in [0.2, 0.25) is 0 Å². The smallest absolute Gasteiger partial charge is 0.295 e. The Bertz CT molecular complexity index is 996. The summed E-state index contributed by atoms with van der Waals surface area (Å²) in [5.41, 5.74) is 2.00. The minimum Gasteiger partial charge on any atom is -0.507 e. The third kappa shape index (κ3) is 4.41. The molecule has 2 aromatic carbocycles. The molecule has 7 nitrogen and oxygen atoms in total. The number of aliphatic hydroxyl groups is 1. The molecule has 1 aliphatic heterocycles. The quantitative estimate of drug-likeness (QED) is 0.396. The number of ether oxygens (including phenoxy) is 3. The number of aliphatic hydroxyl groups excluding tert-OH is 1. The first kappa shape index (κ1) is 22.4. The van der Waals surface area contributed by atoms with Crippen molar-refractivity contribution in [1.82, 2.24) is 4.90 Å². The van der Waals surface area contributed by atoms with Crippen LogP contribution < -0.4 is 9.47 Å². The van der Waals surface area contributed by atoms with Crippen molar-refractivity contribution in [2.75, 3.05) is 34.0 Å². The lowest BCUT2D eigenvalue weighted by Crippen LogP contribution is -2.32. The van der Waals surface area contributed by atoms with Gasteiger partial charge >= 0.3 is 0 Å². The van der Waals surface area contributed by atoms with E-state index in [0.717, 1.165) is 5.56 Å². The molecule has 1 saturated heterocycles. The van der Waals surface area contributed by atoms with E-state index in [0.29, 0.717) is 29.2 Å². The van der Waals surface area contributed by atoms with E-state index < -0.39 is 17.7 Å². The van der Waals surface area contributed by atoms with Crippen LogP contribution in [0.1, 0.15) is 29.7 Å². The highest BCUT2D eigenvalue weighted by atomic mass is 16.5. The number of benzene rings is 2. The fourth-order valence-electron chi connectivity index (χ4n) is 3.74. The second-order valence-electron chi connectivity index (χ2n) is 7.17. The molecule has 1 atom stereocenters. The molecule has 7 heteroatoms. The maximum absolute atomic E-state index is 13.0. The van der Waals surface area contributed by atoms with E-state index in [2.05, 4.69) is 0 Å². The molecule has 1 aliphatic rings. The summed E-state index contributed by atoms with van der Waals surface area (Å²) in [6.07, 6.45) is 0.